The second-order valence-electron chi connectivity index (χ2n) is 7.17. The average molecular weight is 435 g/mol. The van der Waals surface area contributed by atoms with Crippen LogP contribution < -0.4 is 4.90 Å². The quantitative estimate of drug-likeness (QED) is 0.414. The fraction of sp³-hybridized carbons (Fsp3) is 0.476. The molecule has 0 aliphatic carbocycles. The Labute approximate surface area is 179 Å². The Balaban J connectivity index is 1.62. The van der Waals surface area contributed by atoms with E-state index in [1.165, 1.54) is 28.5 Å². The number of rotatable bonds is 10. The summed E-state index contributed by atoms with van der Waals surface area (Å²) >= 11 is 2.80. The highest BCUT2D eigenvalue weighted by Gasteiger charge is 2.32. The van der Waals surface area contributed by atoms with Gasteiger partial charge in [-0.1, -0.05) is 50.1 Å². The topological polar surface area (TPSA) is 90.7 Å². The van der Waals surface area contributed by atoms with Crippen LogP contribution in [0.1, 0.15) is 67.6 Å². The molecule has 0 unspecified atom stereocenters. The summed E-state index contributed by atoms with van der Waals surface area (Å²) in [6.07, 6.45) is 4.80. The van der Waals surface area contributed by atoms with Gasteiger partial charge in [0, 0.05) is 29.3 Å². The van der Waals surface area contributed by atoms with Gasteiger partial charge < -0.3 is 15.1 Å². The minimum Gasteiger partial charge on any atom is -0.476 e. The zero-order valence-electron chi connectivity index (χ0n) is 16.4. The largest absolute Gasteiger partial charge is 0.476 e. The van der Waals surface area contributed by atoms with Gasteiger partial charge in [-0.15, -0.1) is 11.3 Å². The smallest absolute Gasteiger partial charge is 0.355 e. The van der Waals surface area contributed by atoms with Crippen molar-refractivity contribution in [3.8, 4) is 0 Å². The van der Waals surface area contributed by atoms with Crippen LogP contribution in [0.4, 0.5) is 5.69 Å². The molecule has 1 aliphatic rings. The third kappa shape index (κ3) is 5.58. The molecule has 1 amide bonds. The molecule has 0 radical (unpaired) electrons. The number of carbonyl (C=O) groups is 2. The van der Waals surface area contributed by atoms with Gasteiger partial charge in [0.25, 0.3) is 0 Å². The van der Waals surface area contributed by atoms with Crippen molar-refractivity contribution in [2.75, 3.05) is 10.7 Å². The van der Waals surface area contributed by atoms with Crippen LogP contribution >= 0.6 is 23.1 Å². The van der Waals surface area contributed by atoms with Crippen molar-refractivity contribution < 1.29 is 19.8 Å². The molecule has 6 nitrogen and oxygen atoms in total. The molecular weight excluding hydrogens is 408 g/mol. The fourth-order valence-corrected chi connectivity index (χ4v) is 5.41. The van der Waals surface area contributed by atoms with Crippen molar-refractivity contribution in [3.05, 3.63) is 40.9 Å². The lowest BCUT2D eigenvalue weighted by Crippen LogP contribution is -2.34. The van der Waals surface area contributed by atoms with Crippen LogP contribution in [0.15, 0.2) is 34.0 Å². The van der Waals surface area contributed by atoms with Crippen molar-refractivity contribution >= 4 is 40.7 Å². The summed E-state index contributed by atoms with van der Waals surface area (Å²) in [4.78, 5) is 29.4. The number of unbranched alkanes of at least 4 members (excludes halogenated alkanes) is 2. The fourth-order valence-electron chi connectivity index (χ4n) is 3.46. The Morgan fingerprint density at radius 1 is 1.34 bits per heavy atom. The Morgan fingerprint density at radius 3 is 2.76 bits per heavy atom. The Morgan fingerprint density at radius 2 is 2.10 bits per heavy atom. The van der Waals surface area contributed by atoms with E-state index in [4.69, 9.17) is 5.11 Å². The van der Waals surface area contributed by atoms with E-state index in [9.17, 15) is 14.7 Å². The van der Waals surface area contributed by atoms with Gasteiger partial charge in [0.2, 0.25) is 5.91 Å². The lowest BCUT2D eigenvalue weighted by atomic mass is 10.0. The van der Waals surface area contributed by atoms with Gasteiger partial charge in [-0.25, -0.2) is 9.78 Å². The number of thiazole rings is 1. The Bertz CT molecular complexity index is 837. The van der Waals surface area contributed by atoms with E-state index < -0.39 is 12.1 Å². The number of aliphatic hydroxyl groups excluding tert-OH is 1. The molecule has 2 N–H and O–H groups in total. The summed E-state index contributed by atoms with van der Waals surface area (Å²) in [7, 11) is 0. The monoisotopic (exact) mass is 434 g/mol. The molecule has 0 spiro atoms. The average Bonchev–Trinajstić information content (AvgIpc) is 3.33. The number of nitrogens with zero attached hydrogens (tertiary/aromatic N) is 2. The van der Waals surface area contributed by atoms with Gasteiger partial charge in [0.15, 0.2) is 10.0 Å². The molecule has 1 aliphatic heterocycles. The summed E-state index contributed by atoms with van der Waals surface area (Å²) < 4.78 is 0.701. The highest BCUT2D eigenvalue weighted by atomic mass is 32.2. The standard InChI is InChI=1S/C21H26N2O4S2/c1-2-3-4-5-18(24)14-6-8-15(9-7-14)23-16(10-11-19(23)25)12-28-21-22-17(13-29-21)20(26)27/h6-9,13,16,18,24H,2-5,10-12H2,1H3,(H,26,27)/t16-,18-/m1/s1. The molecule has 0 saturated carbocycles. The van der Waals surface area contributed by atoms with Crippen LogP contribution in [0.2, 0.25) is 0 Å². The molecule has 1 fully saturated rings. The maximum absolute atomic E-state index is 12.5. The summed E-state index contributed by atoms with van der Waals surface area (Å²) in [5, 5.41) is 20.9. The molecule has 2 heterocycles. The van der Waals surface area contributed by atoms with Crippen molar-refractivity contribution in [1.82, 2.24) is 4.98 Å². The molecule has 2 aromatic rings. The van der Waals surface area contributed by atoms with Gasteiger partial charge in [-0.3, -0.25) is 4.79 Å². The zero-order chi connectivity index (χ0) is 20.8. The van der Waals surface area contributed by atoms with Crippen LogP contribution in [0.5, 0.6) is 0 Å². The number of hydrogen-bond donors (Lipinski definition) is 2. The van der Waals surface area contributed by atoms with E-state index in [1.54, 1.807) is 0 Å². The van der Waals surface area contributed by atoms with Crippen molar-refractivity contribution in [2.45, 2.75) is 61.9 Å². The predicted molar refractivity (Wildman–Crippen MR) is 116 cm³/mol. The number of aromatic carboxylic acids is 1. The first-order valence-electron chi connectivity index (χ1n) is 9.91. The summed E-state index contributed by atoms with van der Waals surface area (Å²) in [5.74, 6) is -0.264. The van der Waals surface area contributed by atoms with E-state index in [1.807, 2.05) is 29.2 Å². The first kappa shape index (κ1) is 21.8. The number of carbonyl (C=O) groups excluding carboxylic acids is 1. The maximum Gasteiger partial charge on any atom is 0.355 e. The number of aromatic nitrogens is 1. The number of benzene rings is 1. The molecular formula is C21H26N2O4S2. The van der Waals surface area contributed by atoms with E-state index >= 15 is 0 Å². The third-order valence-corrected chi connectivity index (χ3v) is 7.23. The molecule has 2 atom stereocenters. The molecule has 1 aromatic heterocycles. The van der Waals surface area contributed by atoms with Gasteiger partial charge in [-0.2, -0.15) is 0 Å². The maximum atomic E-state index is 12.5. The van der Waals surface area contributed by atoms with Crippen LogP contribution in [0, 0.1) is 0 Å². The van der Waals surface area contributed by atoms with Crippen molar-refractivity contribution in [2.24, 2.45) is 0 Å². The summed E-state index contributed by atoms with van der Waals surface area (Å²) in [6, 6.07) is 7.67. The Kier molecular flexibility index (Phi) is 7.69. The number of anilines is 1. The lowest BCUT2D eigenvalue weighted by molar-refractivity contribution is -0.117. The van der Waals surface area contributed by atoms with Gasteiger partial charge in [-0.05, 0) is 30.5 Å². The second-order valence-corrected chi connectivity index (χ2v) is 9.30. The number of hydrogen-bond acceptors (Lipinski definition) is 6. The lowest BCUT2D eigenvalue weighted by Gasteiger charge is -2.25. The predicted octanol–water partition coefficient (Wildman–Crippen LogP) is 4.74. The van der Waals surface area contributed by atoms with Crippen molar-refractivity contribution in [3.63, 3.8) is 0 Å². The molecule has 156 valence electrons. The molecule has 1 saturated heterocycles. The van der Waals surface area contributed by atoms with E-state index in [0.717, 1.165) is 43.4 Å². The van der Waals surface area contributed by atoms with E-state index in [2.05, 4.69) is 11.9 Å². The van der Waals surface area contributed by atoms with E-state index in [-0.39, 0.29) is 17.6 Å². The molecule has 1 aromatic carbocycles. The van der Waals surface area contributed by atoms with Gasteiger partial charge >= 0.3 is 5.97 Å². The highest BCUT2D eigenvalue weighted by Crippen LogP contribution is 2.33. The van der Waals surface area contributed by atoms with Crippen LogP contribution in [-0.4, -0.2) is 38.9 Å². The van der Waals surface area contributed by atoms with E-state index in [0.29, 0.717) is 16.5 Å². The number of carboxylic acid groups (broad SMARTS) is 1. The number of carboxylic acids is 1. The second kappa shape index (κ2) is 10.2. The first-order chi connectivity index (χ1) is 14.0. The third-order valence-electron chi connectivity index (χ3n) is 5.06. The number of thioether (sulfide) groups is 1. The van der Waals surface area contributed by atoms with Gasteiger partial charge in [0.05, 0.1) is 6.10 Å². The molecule has 8 heteroatoms. The summed E-state index contributed by atoms with van der Waals surface area (Å²) in [5.41, 5.74) is 1.78. The first-order valence-corrected chi connectivity index (χ1v) is 11.8. The zero-order valence-corrected chi connectivity index (χ0v) is 18.0. The van der Waals surface area contributed by atoms with Crippen LogP contribution in [-0.2, 0) is 4.79 Å². The highest BCUT2D eigenvalue weighted by molar-refractivity contribution is 8.01. The normalized spacial score (nSPS) is 17.7. The van der Waals surface area contributed by atoms with Crippen LogP contribution in [0.3, 0.4) is 0 Å². The SMILES string of the molecule is CCCCC[C@@H](O)c1ccc(N2C(=O)CC[C@@H]2CSc2nc(C(=O)O)cs2)cc1. The van der Waals surface area contributed by atoms with Crippen LogP contribution in [0.25, 0.3) is 0 Å². The minimum atomic E-state index is -1.03. The molecule has 3 rings (SSSR count). The Hall–Kier alpha value is -1.90. The van der Waals surface area contributed by atoms with Gasteiger partial charge in [0.1, 0.15) is 0 Å². The number of aliphatic hydroxyl groups is 1. The molecule has 29 heavy (non-hydrogen) atoms. The number of amides is 1. The molecule has 0 bridgehead atoms. The summed E-state index contributed by atoms with van der Waals surface area (Å²) in [6.45, 7) is 2.14. The van der Waals surface area contributed by atoms with Crippen molar-refractivity contribution in [1.29, 1.82) is 0 Å². The minimum absolute atomic E-state index is 0.0463.